The first-order chi connectivity index (χ1) is 22.1. The highest BCUT2D eigenvalue weighted by molar-refractivity contribution is 7.07. The maximum Gasteiger partial charge on any atom is 0.338 e. The summed E-state index contributed by atoms with van der Waals surface area (Å²) in [5, 5.41) is 0.0351. The Morgan fingerprint density at radius 1 is 1.07 bits per heavy atom. The van der Waals surface area contributed by atoms with E-state index in [1.807, 2.05) is 85.2 Å². The van der Waals surface area contributed by atoms with Gasteiger partial charge >= 0.3 is 5.97 Å². The predicted molar refractivity (Wildman–Crippen MR) is 182 cm³/mol. The van der Waals surface area contributed by atoms with Crippen LogP contribution in [0.1, 0.15) is 66.4 Å². The molecule has 0 radical (unpaired) electrons. The van der Waals surface area contributed by atoms with Crippen LogP contribution in [0.5, 0.6) is 0 Å². The molecular formula is C37H33ClFN3O3S. The van der Waals surface area contributed by atoms with Crippen LogP contribution in [0.2, 0.25) is 5.02 Å². The number of hydrogen-bond donors (Lipinski definition) is 0. The van der Waals surface area contributed by atoms with E-state index in [0.717, 1.165) is 39.3 Å². The van der Waals surface area contributed by atoms with E-state index in [4.69, 9.17) is 21.3 Å². The van der Waals surface area contributed by atoms with Crippen LogP contribution in [0.3, 0.4) is 0 Å². The second-order valence-electron chi connectivity index (χ2n) is 11.5. The van der Waals surface area contributed by atoms with Crippen molar-refractivity contribution in [1.29, 1.82) is 0 Å². The lowest BCUT2D eigenvalue weighted by Crippen LogP contribution is -2.40. The van der Waals surface area contributed by atoms with Gasteiger partial charge in [-0.3, -0.25) is 9.36 Å². The van der Waals surface area contributed by atoms with Gasteiger partial charge in [0.15, 0.2) is 4.80 Å². The third-order valence-corrected chi connectivity index (χ3v) is 9.48. The predicted octanol–water partition coefficient (Wildman–Crippen LogP) is 7.26. The van der Waals surface area contributed by atoms with Gasteiger partial charge in [-0.2, -0.15) is 0 Å². The van der Waals surface area contributed by atoms with Crippen molar-refractivity contribution in [1.82, 2.24) is 9.13 Å². The summed E-state index contributed by atoms with van der Waals surface area (Å²) in [6.07, 6.45) is 1.85. The Kier molecular flexibility index (Phi) is 8.68. The van der Waals surface area contributed by atoms with Crippen molar-refractivity contribution in [3.05, 3.63) is 149 Å². The minimum absolute atomic E-state index is 0.0351. The molecule has 0 N–H and O–H groups in total. The lowest BCUT2D eigenvalue weighted by molar-refractivity contribution is -0.138. The summed E-state index contributed by atoms with van der Waals surface area (Å²) in [6, 6.07) is 23.4. The van der Waals surface area contributed by atoms with Crippen molar-refractivity contribution in [3.63, 3.8) is 0 Å². The SMILES string of the molecule is CCOC(=O)C1=C(c2ccccc2)N=c2s/c(=C/c3cc(C)n(-c4ccc(F)c(Cl)c4)c3C)c(=O)n2[C@@H]1c1ccc(C(C)C)cc1. The van der Waals surface area contributed by atoms with Gasteiger partial charge in [0.25, 0.3) is 5.56 Å². The minimum atomic E-state index is -0.748. The Morgan fingerprint density at radius 2 is 1.78 bits per heavy atom. The second kappa shape index (κ2) is 12.7. The number of benzene rings is 3. The largest absolute Gasteiger partial charge is 0.463 e. The van der Waals surface area contributed by atoms with E-state index in [9.17, 15) is 14.0 Å². The zero-order chi connectivity index (χ0) is 32.7. The first-order valence-electron chi connectivity index (χ1n) is 15.1. The molecule has 0 unspecified atom stereocenters. The normalized spacial score (nSPS) is 14.9. The molecule has 0 saturated heterocycles. The van der Waals surface area contributed by atoms with Crippen LogP contribution < -0.4 is 14.9 Å². The van der Waals surface area contributed by atoms with Crippen LogP contribution in [0, 0.1) is 19.7 Å². The average Bonchev–Trinajstić information content (AvgIpc) is 3.51. The molecule has 46 heavy (non-hydrogen) atoms. The maximum atomic E-state index is 14.3. The molecule has 6 rings (SSSR count). The second-order valence-corrected chi connectivity index (χ2v) is 12.9. The molecule has 1 aliphatic rings. The highest BCUT2D eigenvalue weighted by Gasteiger charge is 2.35. The number of halogens is 2. The number of aromatic nitrogens is 2. The fraction of sp³-hybridized carbons (Fsp3) is 0.216. The highest BCUT2D eigenvalue weighted by Crippen LogP contribution is 2.35. The number of thiazole rings is 1. The van der Waals surface area contributed by atoms with E-state index >= 15 is 0 Å². The van der Waals surface area contributed by atoms with Crippen LogP contribution in [-0.4, -0.2) is 21.7 Å². The van der Waals surface area contributed by atoms with Crippen molar-refractivity contribution in [2.45, 2.75) is 46.6 Å². The third-order valence-electron chi connectivity index (χ3n) is 8.21. The van der Waals surface area contributed by atoms with E-state index in [2.05, 4.69) is 13.8 Å². The van der Waals surface area contributed by atoms with Gasteiger partial charge in [-0.25, -0.2) is 14.2 Å². The van der Waals surface area contributed by atoms with Gasteiger partial charge in [-0.05, 0) is 73.7 Å². The number of hydrogen-bond acceptors (Lipinski definition) is 5. The number of esters is 1. The molecule has 0 bridgehead atoms. The first-order valence-corrected chi connectivity index (χ1v) is 16.3. The monoisotopic (exact) mass is 653 g/mol. The fourth-order valence-electron chi connectivity index (χ4n) is 5.92. The zero-order valence-electron chi connectivity index (χ0n) is 26.2. The van der Waals surface area contributed by atoms with Gasteiger partial charge in [0.1, 0.15) is 5.82 Å². The summed E-state index contributed by atoms with van der Waals surface area (Å²) in [4.78, 5) is 33.5. The molecule has 9 heteroatoms. The number of ether oxygens (including phenoxy) is 1. The van der Waals surface area contributed by atoms with E-state index in [-0.39, 0.29) is 17.2 Å². The first kappa shape index (κ1) is 31.5. The van der Waals surface area contributed by atoms with Gasteiger partial charge in [-0.15, -0.1) is 0 Å². The summed E-state index contributed by atoms with van der Waals surface area (Å²) in [5.74, 6) is -0.681. The van der Waals surface area contributed by atoms with Crippen molar-refractivity contribution in [3.8, 4) is 5.69 Å². The van der Waals surface area contributed by atoms with Crippen LogP contribution in [-0.2, 0) is 9.53 Å². The van der Waals surface area contributed by atoms with E-state index in [1.165, 1.54) is 17.4 Å². The molecule has 3 heterocycles. The quantitative estimate of drug-likeness (QED) is 0.174. The number of rotatable bonds is 7. The Bertz CT molecular complexity index is 2180. The standard InChI is InChI=1S/C37H33ClFN3O3S/c1-6-45-36(44)32-33(25-10-8-7-9-11-25)40-37-42(34(32)26-14-12-24(13-15-26)21(2)3)35(43)31(46-37)19-27-18-22(4)41(23(27)5)28-16-17-30(39)29(38)20-28/h7-21,34H,6H2,1-5H3/b31-19+/t34-/m1/s1. The molecule has 0 aliphatic carbocycles. The van der Waals surface area contributed by atoms with Crippen molar-refractivity contribution >= 4 is 40.7 Å². The van der Waals surface area contributed by atoms with Crippen LogP contribution in [0.4, 0.5) is 4.39 Å². The van der Waals surface area contributed by atoms with Gasteiger partial charge < -0.3 is 9.30 Å². The number of aryl methyl sites for hydroxylation is 1. The molecule has 5 aromatic rings. The molecule has 0 spiro atoms. The molecule has 0 amide bonds. The van der Waals surface area contributed by atoms with E-state index in [0.29, 0.717) is 26.5 Å². The highest BCUT2D eigenvalue weighted by atomic mass is 35.5. The number of carbonyl (C=O) groups excluding carboxylic acids is 1. The van der Waals surface area contributed by atoms with Gasteiger partial charge in [0, 0.05) is 22.6 Å². The Morgan fingerprint density at radius 3 is 2.43 bits per heavy atom. The summed E-state index contributed by atoms with van der Waals surface area (Å²) in [5.41, 5.74) is 6.55. The maximum absolute atomic E-state index is 14.3. The van der Waals surface area contributed by atoms with Gasteiger partial charge in [0.2, 0.25) is 0 Å². The Balaban J connectivity index is 1.59. The van der Waals surface area contributed by atoms with E-state index < -0.39 is 17.8 Å². The zero-order valence-corrected chi connectivity index (χ0v) is 27.7. The molecule has 2 aromatic heterocycles. The number of fused-ring (bicyclic) bond motifs is 1. The number of nitrogens with zero attached hydrogens (tertiary/aromatic N) is 3. The average molecular weight is 654 g/mol. The Labute approximate surface area is 275 Å². The third kappa shape index (κ3) is 5.67. The minimum Gasteiger partial charge on any atom is -0.463 e. The summed E-state index contributed by atoms with van der Waals surface area (Å²) < 4.78 is 23.5. The molecule has 0 saturated carbocycles. The Hall–Kier alpha value is -4.53. The lowest BCUT2D eigenvalue weighted by atomic mass is 9.91. The number of carbonyl (C=O) groups is 1. The topological polar surface area (TPSA) is 65.6 Å². The fourth-order valence-corrected chi connectivity index (χ4v) is 7.08. The lowest BCUT2D eigenvalue weighted by Gasteiger charge is -2.26. The van der Waals surface area contributed by atoms with Gasteiger partial charge in [-0.1, -0.05) is 91.4 Å². The van der Waals surface area contributed by atoms with Crippen LogP contribution in [0.15, 0.2) is 94.2 Å². The van der Waals surface area contributed by atoms with Crippen molar-refractivity contribution in [2.75, 3.05) is 6.61 Å². The van der Waals surface area contributed by atoms with E-state index in [1.54, 1.807) is 23.6 Å². The molecule has 3 aromatic carbocycles. The smallest absolute Gasteiger partial charge is 0.338 e. The van der Waals surface area contributed by atoms with Gasteiger partial charge in [0.05, 0.1) is 33.5 Å². The molecule has 6 nitrogen and oxygen atoms in total. The molecular weight excluding hydrogens is 621 g/mol. The van der Waals surface area contributed by atoms with Crippen LogP contribution >= 0.6 is 22.9 Å². The van der Waals surface area contributed by atoms with Crippen molar-refractivity contribution < 1.29 is 13.9 Å². The molecule has 1 aliphatic heterocycles. The summed E-state index contributed by atoms with van der Waals surface area (Å²) in [6.45, 7) is 10.1. The molecule has 1 atom stereocenters. The van der Waals surface area contributed by atoms with Crippen molar-refractivity contribution in [2.24, 2.45) is 4.99 Å². The van der Waals surface area contributed by atoms with Crippen LogP contribution in [0.25, 0.3) is 17.5 Å². The molecule has 0 fully saturated rings. The molecule has 234 valence electrons. The summed E-state index contributed by atoms with van der Waals surface area (Å²) in [7, 11) is 0. The summed E-state index contributed by atoms with van der Waals surface area (Å²) >= 11 is 7.37.